The van der Waals surface area contributed by atoms with Crippen molar-refractivity contribution in [2.24, 2.45) is 0 Å². The molecule has 0 fully saturated rings. The Morgan fingerprint density at radius 3 is 1.06 bits per heavy atom. The predicted molar refractivity (Wildman–Crippen MR) is 91.0 cm³/mol. The van der Waals surface area contributed by atoms with Gasteiger partial charge >= 0.3 is 0 Å². The van der Waals surface area contributed by atoms with E-state index in [1.54, 1.807) is 0 Å². The average Bonchev–Trinajstić information content (AvgIpc) is 2.36. The smallest absolute Gasteiger partial charge is 0.136 e. The lowest BCUT2D eigenvalue weighted by Crippen LogP contribution is -2.64. The molecule has 3 rings (SSSR count). The van der Waals surface area contributed by atoms with Crippen LogP contribution >= 0.6 is 44.7 Å². The van der Waals surface area contributed by atoms with Crippen LogP contribution in [0.3, 0.4) is 0 Å². The summed E-state index contributed by atoms with van der Waals surface area (Å²) in [6.07, 6.45) is 0. The standard InChI is InChI=1S/C12H8B2I2/c15-13-9-5-1-2-6-10(9)14(16)12-8-4-3-7-11(12)13/h1-8H. The first-order chi connectivity index (χ1) is 7.79. The third kappa shape index (κ3) is 1.65. The third-order valence-electron chi connectivity index (χ3n) is 3.08. The molecule has 0 N–H and O–H groups in total. The summed E-state index contributed by atoms with van der Waals surface area (Å²) >= 11 is 5.09. The monoisotopic (exact) mass is 428 g/mol. The first-order valence-electron chi connectivity index (χ1n) is 5.25. The Bertz CT molecular complexity index is 447. The molecule has 2 aromatic rings. The fraction of sp³-hybridized carbons (Fsp3) is 0. The highest BCUT2D eigenvalue weighted by Crippen LogP contribution is 2.07. The topological polar surface area (TPSA) is 0 Å². The SMILES string of the molecule is IB1c2ccccc2B(I)c2ccccc21. The molecule has 16 heavy (non-hydrogen) atoms. The van der Waals surface area contributed by atoms with Gasteiger partial charge in [0.2, 0.25) is 0 Å². The van der Waals surface area contributed by atoms with Gasteiger partial charge in [0.25, 0.3) is 9.14 Å². The van der Waals surface area contributed by atoms with Gasteiger partial charge in [0.05, 0.1) is 0 Å². The Balaban J connectivity index is 2.26. The molecule has 1 aliphatic heterocycles. The maximum atomic E-state index is 2.55. The van der Waals surface area contributed by atoms with Gasteiger partial charge in [-0.3, -0.25) is 0 Å². The van der Waals surface area contributed by atoms with E-state index in [2.05, 4.69) is 93.3 Å². The van der Waals surface area contributed by atoms with Gasteiger partial charge in [-0.25, -0.2) is 0 Å². The summed E-state index contributed by atoms with van der Waals surface area (Å²) in [6.45, 7) is 0. The summed E-state index contributed by atoms with van der Waals surface area (Å²) in [4.78, 5) is 0. The Kier molecular flexibility index (Phi) is 3.04. The quantitative estimate of drug-likeness (QED) is 0.436. The van der Waals surface area contributed by atoms with Crippen LogP contribution in [0.2, 0.25) is 0 Å². The fourth-order valence-corrected chi connectivity index (χ4v) is 4.55. The van der Waals surface area contributed by atoms with E-state index in [0.717, 1.165) is 0 Å². The minimum Gasteiger partial charge on any atom is -0.136 e. The van der Waals surface area contributed by atoms with E-state index in [1.165, 1.54) is 21.9 Å². The van der Waals surface area contributed by atoms with Crippen molar-refractivity contribution in [3.05, 3.63) is 48.5 Å². The molecule has 0 amide bonds. The molecule has 4 heteroatoms. The normalized spacial score (nSPS) is 13.4. The highest BCUT2D eigenvalue weighted by molar-refractivity contribution is 14.1. The highest BCUT2D eigenvalue weighted by atomic mass is 127. The minimum absolute atomic E-state index is 0.496. The number of hydrogen-bond acceptors (Lipinski definition) is 0. The summed E-state index contributed by atoms with van der Waals surface area (Å²) in [5.74, 6) is 0. The van der Waals surface area contributed by atoms with Gasteiger partial charge < -0.3 is 0 Å². The Hall–Kier alpha value is 0.0299. The molecule has 1 heterocycles. The van der Waals surface area contributed by atoms with Crippen molar-refractivity contribution in [2.75, 3.05) is 0 Å². The molecular formula is C12H8B2I2. The number of fused-ring (bicyclic) bond motifs is 2. The molecule has 76 valence electrons. The van der Waals surface area contributed by atoms with Gasteiger partial charge in [0.15, 0.2) is 0 Å². The van der Waals surface area contributed by atoms with Crippen molar-refractivity contribution in [3.8, 4) is 0 Å². The second-order valence-electron chi connectivity index (χ2n) is 3.98. The van der Waals surface area contributed by atoms with Crippen LogP contribution in [0.1, 0.15) is 0 Å². The van der Waals surface area contributed by atoms with Crippen LogP contribution in [0.4, 0.5) is 0 Å². The van der Waals surface area contributed by atoms with Crippen LogP contribution in [0.15, 0.2) is 48.5 Å². The van der Waals surface area contributed by atoms with E-state index in [9.17, 15) is 0 Å². The average molecular weight is 428 g/mol. The van der Waals surface area contributed by atoms with E-state index in [0.29, 0.717) is 9.14 Å². The second kappa shape index (κ2) is 4.37. The summed E-state index contributed by atoms with van der Waals surface area (Å²) in [5, 5.41) is 0. The van der Waals surface area contributed by atoms with Gasteiger partial charge in [-0.15, -0.1) is 44.7 Å². The van der Waals surface area contributed by atoms with E-state index in [1.807, 2.05) is 0 Å². The van der Waals surface area contributed by atoms with Crippen LogP contribution in [0.5, 0.6) is 0 Å². The van der Waals surface area contributed by atoms with Crippen LogP contribution < -0.4 is 21.9 Å². The summed E-state index contributed by atoms with van der Waals surface area (Å²) in [7, 11) is 0. The zero-order valence-corrected chi connectivity index (χ0v) is 12.8. The Morgan fingerprint density at radius 2 is 0.812 bits per heavy atom. The largest absolute Gasteiger partial charge is 0.281 e. The molecule has 0 aromatic heterocycles. The molecular weight excluding hydrogens is 420 g/mol. The van der Waals surface area contributed by atoms with E-state index >= 15 is 0 Å². The second-order valence-corrected chi connectivity index (χ2v) is 6.47. The Morgan fingerprint density at radius 1 is 0.562 bits per heavy atom. The van der Waals surface area contributed by atoms with Gasteiger partial charge in [0, 0.05) is 0 Å². The molecule has 0 atom stereocenters. The van der Waals surface area contributed by atoms with E-state index in [4.69, 9.17) is 0 Å². The minimum atomic E-state index is 0.496. The molecule has 0 saturated carbocycles. The lowest BCUT2D eigenvalue weighted by atomic mass is 9.43. The molecule has 0 spiro atoms. The first kappa shape index (κ1) is 11.1. The zero-order chi connectivity index (χ0) is 11.1. The number of rotatable bonds is 0. The molecule has 0 unspecified atom stereocenters. The lowest BCUT2D eigenvalue weighted by Gasteiger charge is -2.25. The van der Waals surface area contributed by atoms with Crippen LogP contribution in [-0.2, 0) is 0 Å². The maximum Gasteiger partial charge on any atom is 0.281 e. The lowest BCUT2D eigenvalue weighted by molar-refractivity contribution is 1.77. The summed E-state index contributed by atoms with van der Waals surface area (Å²) in [5.41, 5.74) is 5.89. The van der Waals surface area contributed by atoms with Crippen molar-refractivity contribution in [1.82, 2.24) is 0 Å². The highest BCUT2D eigenvalue weighted by Gasteiger charge is 2.33. The van der Waals surface area contributed by atoms with Crippen molar-refractivity contribution in [1.29, 1.82) is 0 Å². The summed E-state index contributed by atoms with van der Waals surface area (Å²) < 4.78 is 0.993. The van der Waals surface area contributed by atoms with Gasteiger partial charge in [0.1, 0.15) is 0 Å². The third-order valence-corrected chi connectivity index (χ3v) is 5.77. The summed E-state index contributed by atoms with van der Waals surface area (Å²) in [6, 6.07) is 17.6. The van der Waals surface area contributed by atoms with Gasteiger partial charge in [-0.1, -0.05) is 70.4 Å². The zero-order valence-electron chi connectivity index (χ0n) is 8.53. The predicted octanol–water partition coefficient (Wildman–Crippen LogP) is 1.08. The van der Waals surface area contributed by atoms with Crippen LogP contribution in [-0.4, -0.2) is 9.14 Å². The molecule has 2 aromatic carbocycles. The van der Waals surface area contributed by atoms with Crippen molar-refractivity contribution < 1.29 is 0 Å². The number of hydrogen-bond donors (Lipinski definition) is 0. The number of benzene rings is 2. The van der Waals surface area contributed by atoms with Gasteiger partial charge in [-0.2, -0.15) is 0 Å². The fourth-order valence-electron chi connectivity index (χ4n) is 2.28. The molecule has 0 radical (unpaired) electrons. The molecule has 1 aliphatic rings. The van der Waals surface area contributed by atoms with Crippen molar-refractivity contribution in [3.63, 3.8) is 0 Å². The Labute approximate surface area is 123 Å². The van der Waals surface area contributed by atoms with E-state index in [-0.39, 0.29) is 0 Å². The van der Waals surface area contributed by atoms with Crippen molar-refractivity contribution in [2.45, 2.75) is 0 Å². The first-order valence-corrected chi connectivity index (χ1v) is 7.74. The molecule has 0 saturated heterocycles. The molecule has 0 aliphatic carbocycles. The van der Waals surface area contributed by atoms with E-state index < -0.39 is 0 Å². The van der Waals surface area contributed by atoms with Crippen LogP contribution in [0.25, 0.3) is 0 Å². The molecule has 0 nitrogen and oxygen atoms in total. The maximum absolute atomic E-state index is 2.55. The van der Waals surface area contributed by atoms with Crippen molar-refractivity contribution >= 4 is 75.7 Å². The number of halogens is 2. The van der Waals surface area contributed by atoms with Gasteiger partial charge in [-0.05, 0) is 0 Å². The van der Waals surface area contributed by atoms with Crippen LogP contribution in [0, 0.1) is 0 Å². The molecule has 0 bridgehead atoms.